The molecule has 0 spiro atoms. The van der Waals surface area contributed by atoms with Crippen molar-refractivity contribution in [2.24, 2.45) is 0 Å². The van der Waals surface area contributed by atoms with E-state index in [0.717, 1.165) is 17.7 Å². The summed E-state index contributed by atoms with van der Waals surface area (Å²) < 4.78 is 5.20. The van der Waals surface area contributed by atoms with E-state index in [1.165, 1.54) is 0 Å². The van der Waals surface area contributed by atoms with E-state index in [4.69, 9.17) is 4.74 Å². The molecule has 2 heteroatoms. The van der Waals surface area contributed by atoms with Gasteiger partial charge in [-0.15, -0.1) is 0 Å². The Morgan fingerprint density at radius 3 is 2.60 bits per heavy atom. The van der Waals surface area contributed by atoms with E-state index in [0.29, 0.717) is 11.1 Å². The number of allylic oxidation sites excluding steroid dienone is 1. The second-order valence-electron chi connectivity index (χ2n) is 3.49. The highest BCUT2D eigenvalue weighted by Crippen LogP contribution is 2.21. The van der Waals surface area contributed by atoms with Gasteiger partial charge in [-0.05, 0) is 42.7 Å². The number of ether oxygens (including phenoxy) is 1. The lowest BCUT2D eigenvalue weighted by molar-refractivity contribution is 0.103. The maximum absolute atomic E-state index is 11.7. The first-order valence-corrected chi connectivity index (χ1v) is 4.97. The average molecular weight is 204 g/mol. The summed E-state index contributed by atoms with van der Waals surface area (Å²) in [6, 6.07) is 5.47. The van der Waals surface area contributed by atoms with Crippen LogP contribution in [0.3, 0.4) is 0 Å². The summed E-state index contributed by atoms with van der Waals surface area (Å²) >= 11 is 0. The van der Waals surface area contributed by atoms with Crippen molar-refractivity contribution in [1.82, 2.24) is 0 Å². The molecule has 0 aliphatic carbocycles. The van der Waals surface area contributed by atoms with Gasteiger partial charge in [-0.1, -0.05) is 13.5 Å². The number of rotatable bonds is 4. The van der Waals surface area contributed by atoms with Crippen molar-refractivity contribution in [2.45, 2.75) is 20.3 Å². The minimum atomic E-state index is -0.00708. The van der Waals surface area contributed by atoms with E-state index in [1.54, 1.807) is 20.1 Å². The zero-order valence-corrected chi connectivity index (χ0v) is 9.46. The molecule has 2 nitrogen and oxygen atoms in total. The van der Waals surface area contributed by atoms with Crippen molar-refractivity contribution in [3.05, 3.63) is 41.5 Å². The third-order valence-corrected chi connectivity index (χ3v) is 2.31. The number of hydrogen-bond donors (Lipinski definition) is 0. The lowest BCUT2D eigenvalue weighted by Crippen LogP contribution is -2.01. The molecule has 0 bridgehead atoms. The van der Waals surface area contributed by atoms with E-state index < -0.39 is 0 Å². The Labute approximate surface area is 90.6 Å². The highest BCUT2D eigenvalue weighted by atomic mass is 16.5. The van der Waals surface area contributed by atoms with Crippen molar-refractivity contribution < 1.29 is 9.53 Å². The van der Waals surface area contributed by atoms with Gasteiger partial charge < -0.3 is 4.74 Å². The number of hydrogen-bond acceptors (Lipinski definition) is 2. The molecule has 1 rings (SSSR count). The van der Waals surface area contributed by atoms with E-state index in [9.17, 15) is 4.79 Å². The SMILES string of the molecule is C=C(C)C(=O)c1ccc(OC)c(CC)c1. The van der Waals surface area contributed by atoms with Crippen LogP contribution in [0.15, 0.2) is 30.4 Å². The molecule has 1 aromatic carbocycles. The first-order valence-electron chi connectivity index (χ1n) is 4.97. The summed E-state index contributed by atoms with van der Waals surface area (Å²) in [5.41, 5.74) is 2.28. The number of methoxy groups -OCH3 is 1. The third-order valence-electron chi connectivity index (χ3n) is 2.31. The third kappa shape index (κ3) is 2.46. The molecule has 0 saturated carbocycles. The monoisotopic (exact) mass is 204 g/mol. The van der Waals surface area contributed by atoms with Crippen LogP contribution in [-0.4, -0.2) is 12.9 Å². The van der Waals surface area contributed by atoms with E-state index in [-0.39, 0.29) is 5.78 Å². The fourth-order valence-electron chi connectivity index (χ4n) is 1.44. The van der Waals surface area contributed by atoms with E-state index in [1.807, 2.05) is 19.1 Å². The Kier molecular flexibility index (Phi) is 3.67. The number of aryl methyl sites for hydroxylation is 1. The lowest BCUT2D eigenvalue weighted by Gasteiger charge is -2.08. The Morgan fingerprint density at radius 2 is 2.13 bits per heavy atom. The van der Waals surface area contributed by atoms with Crippen molar-refractivity contribution >= 4 is 5.78 Å². The van der Waals surface area contributed by atoms with Crippen LogP contribution in [0.1, 0.15) is 29.8 Å². The fourth-order valence-corrected chi connectivity index (χ4v) is 1.44. The van der Waals surface area contributed by atoms with Crippen molar-refractivity contribution in [1.29, 1.82) is 0 Å². The van der Waals surface area contributed by atoms with Gasteiger partial charge in [-0.3, -0.25) is 4.79 Å². The molecule has 15 heavy (non-hydrogen) atoms. The number of benzene rings is 1. The highest BCUT2D eigenvalue weighted by molar-refractivity contribution is 6.08. The molecule has 0 radical (unpaired) electrons. The Bertz CT molecular complexity index is 392. The molecular formula is C13H16O2. The zero-order valence-electron chi connectivity index (χ0n) is 9.46. The van der Waals surface area contributed by atoms with Crippen molar-refractivity contribution in [2.75, 3.05) is 7.11 Å². The van der Waals surface area contributed by atoms with Gasteiger partial charge in [0.15, 0.2) is 5.78 Å². The van der Waals surface area contributed by atoms with Crippen LogP contribution >= 0.6 is 0 Å². The molecule has 0 amide bonds. The van der Waals surface area contributed by atoms with Gasteiger partial charge in [0.05, 0.1) is 7.11 Å². The van der Waals surface area contributed by atoms with Crippen LogP contribution in [0, 0.1) is 0 Å². The highest BCUT2D eigenvalue weighted by Gasteiger charge is 2.09. The normalized spacial score (nSPS) is 9.80. The maximum Gasteiger partial charge on any atom is 0.188 e. The molecule has 0 aromatic heterocycles. The first-order chi connectivity index (χ1) is 7.10. The molecule has 0 aliphatic heterocycles. The minimum Gasteiger partial charge on any atom is -0.496 e. The molecule has 0 atom stereocenters. The summed E-state index contributed by atoms with van der Waals surface area (Å²) in [5.74, 6) is 0.822. The van der Waals surface area contributed by atoms with E-state index in [2.05, 4.69) is 6.58 Å². The molecule has 1 aromatic rings. The average Bonchev–Trinajstić information content (AvgIpc) is 2.26. The molecule has 0 unspecified atom stereocenters. The van der Waals surface area contributed by atoms with Crippen molar-refractivity contribution in [3.8, 4) is 5.75 Å². The molecule has 80 valence electrons. The lowest BCUT2D eigenvalue weighted by atomic mass is 10.0. The van der Waals surface area contributed by atoms with Crippen molar-refractivity contribution in [3.63, 3.8) is 0 Å². The van der Waals surface area contributed by atoms with Crippen LogP contribution in [0.2, 0.25) is 0 Å². The molecular weight excluding hydrogens is 188 g/mol. The predicted octanol–water partition coefficient (Wildman–Crippen LogP) is 3.02. The smallest absolute Gasteiger partial charge is 0.188 e. The van der Waals surface area contributed by atoms with Gasteiger partial charge in [-0.25, -0.2) is 0 Å². The minimum absolute atomic E-state index is 0.00708. The number of ketones is 1. The van der Waals surface area contributed by atoms with Crippen LogP contribution in [-0.2, 0) is 6.42 Å². The first kappa shape index (κ1) is 11.5. The summed E-state index contributed by atoms with van der Waals surface area (Å²) in [5, 5.41) is 0. The predicted molar refractivity (Wildman–Crippen MR) is 61.5 cm³/mol. The quantitative estimate of drug-likeness (QED) is 0.556. The molecule has 0 fully saturated rings. The van der Waals surface area contributed by atoms with Gasteiger partial charge in [0, 0.05) is 5.56 Å². The van der Waals surface area contributed by atoms with Crippen LogP contribution in [0.5, 0.6) is 5.75 Å². The summed E-state index contributed by atoms with van der Waals surface area (Å²) in [6.07, 6.45) is 0.848. The Balaban J connectivity index is 3.13. The molecule has 0 N–H and O–H groups in total. The fraction of sp³-hybridized carbons (Fsp3) is 0.308. The topological polar surface area (TPSA) is 26.3 Å². The van der Waals surface area contributed by atoms with Crippen LogP contribution in [0.25, 0.3) is 0 Å². The summed E-state index contributed by atoms with van der Waals surface area (Å²) in [4.78, 5) is 11.7. The second kappa shape index (κ2) is 4.78. The van der Waals surface area contributed by atoms with Gasteiger partial charge in [0.25, 0.3) is 0 Å². The van der Waals surface area contributed by atoms with Gasteiger partial charge in [0.2, 0.25) is 0 Å². The van der Waals surface area contributed by atoms with Gasteiger partial charge in [-0.2, -0.15) is 0 Å². The van der Waals surface area contributed by atoms with E-state index >= 15 is 0 Å². The summed E-state index contributed by atoms with van der Waals surface area (Å²) in [6.45, 7) is 7.40. The largest absolute Gasteiger partial charge is 0.496 e. The Hall–Kier alpha value is -1.57. The molecule has 0 heterocycles. The number of carbonyl (C=O) groups is 1. The maximum atomic E-state index is 11.7. The Morgan fingerprint density at radius 1 is 1.47 bits per heavy atom. The van der Waals surface area contributed by atoms with Gasteiger partial charge in [0.1, 0.15) is 5.75 Å². The van der Waals surface area contributed by atoms with Crippen LogP contribution in [0.4, 0.5) is 0 Å². The summed E-state index contributed by atoms with van der Waals surface area (Å²) in [7, 11) is 1.63. The van der Waals surface area contributed by atoms with Crippen LogP contribution < -0.4 is 4.74 Å². The van der Waals surface area contributed by atoms with Gasteiger partial charge >= 0.3 is 0 Å². The molecule has 0 aliphatic rings. The standard InChI is InChI=1S/C13H16O2/c1-5-10-8-11(13(14)9(2)3)6-7-12(10)15-4/h6-8H,2,5H2,1,3-4H3. The zero-order chi connectivity index (χ0) is 11.4. The number of Topliss-reactive ketones (excluding diaryl/α,β-unsaturated/α-hetero) is 1. The number of carbonyl (C=O) groups excluding carboxylic acids is 1. The second-order valence-corrected chi connectivity index (χ2v) is 3.49. The molecule has 0 saturated heterocycles.